The predicted octanol–water partition coefficient (Wildman–Crippen LogP) is 1.99. The number of aliphatic imine (C=N–C) groups is 1. The Kier molecular flexibility index (Phi) is 4.69. The number of esters is 1. The molecule has 1 aliphatic rings. The van der Waals surface area contributed by atoms with Crippen LogP contribution in [-0.4, -0.2) is 25.6 Å². The molecule has 0 saturated heterocycles. The molecule has 0 radical (unpaired) electrons. The number of para-hydroxylation sites is 1. The van der Waals surface area contributed by atoms with Gasteiger partial charge in [-0.3, -0.25) is 0 Å². The SMILES string of the molecule is COC(=O)c1ccc(CN=C(N)NC2CCOc3ccccc32)o1. The minimum Gasteiger partial charge on any atom is -0.493 e. The largest absolute Gasteiger partial charge is 0.493 e. The molecule has 7 heteroatoms. The van der Waals surface area contributed by atoms with Crippen molar-refractivity contribution < 1.29 is 18.7 Å². The molecule has 7 nitrogen and oxygen atoms in total. The van der Waals surface area contributed by atoms with Crippen LogP contribution in [0.1, 0.15) is 34.3 Å². The first-order valence-electron chi connectivity index (χ1n) is 7.62. The number of furan rings is 1. The van der Waals surface area contributed by atoms with E-state index in [9.17, 15) is 4.79 Å². The molecule has 2 heterocycles. The highest BCUT2D eigenvalue weighted by atomic mass is 16.5. The number of hydrogen-bond acceptors (Lipinski definition) is 5. The van der Waals surface area contributed by atoms with E-state index < -0.39 is 5.97 Å². The quantitative estimate of drug-likeness (QED) is 0.506. The molecule has 0 aliphatic carbocycles. The first kappa shape index (κ1) is 15.9. The number of carbonyl (C=O) groups excluding carboxylic acids is 1. The van der Waals surface area contributed by atoms with E-state index in [4.69, 9.17) is 14.9 Å². The summed E-state index contributed by atoms with van der Waals surface area (Å²) in [5, 5.41) is 3.20. The van der Waals surface area contributed by atoms with Crippen LogP contribution in [0, 0.1) is 0 Å². The Bertz CT molecular complexity index is 754. The maximum atomic E-state index is 11.3. The zero-order valence-electron chi connectivity index (χ0n) is 13.3. The average molecular weight is 329 g/mol. The lowest BCUT2D eigenvalue weighted by molar-refractivity contribution is 0.0563. The molecule has 0 bridgehead atoms. The third kappa shape index (κ3) is 3.51. The molecule has 1 aliphatic heterocycles. The molecule has 1 unspecified atom stereocenters. The number of nitrogens with one attached hydrogen (secondary N) is 1. The summed E-state index contributed by atoms with van der Waals surface area (Å²) in [6.45, 7) is 0.864. The number of carbonyl (C=O) groups is 1. The monoisotopic (exact) mass is 329 g/mol. The molecular formula is C17H19N3O4. The van der Waals surface area contributed by atoms with E-state index in [2.05, 4.69) is 15.0 Å². The van der Waals surface area contributed by atoms with Crippen molar-refractivity contribution in [1.29, 1.82) is 0 Å². The molecule has 0 spiro atoms. The fourth-order valence-electron chi connectivity index (χ4n) is 2.55. The molecule has 24 heavy (non-hydrogen) atoms. The summed E-state index contributed by atoms with van der Waals surface area (Å²) >= 11 is 0. The number of fused-ring (bicyclic) bond motifs is 1. The number of rotatable bonds is 4. The summed E-state index contributed by atoms with van der Waals surface area (Å²) in [5.41, 5.74) is 7.03. The fraction of sp³-hybridized carbons (Fsp3) is 0.294. The van der Waals surface area contributed by atoms with Gasteiger partial charge in [-0.1, -0.05) is 18.2 Å². The second kappa shape index (κ2) is 7.08. The third-order valence-corrected chi connectivity index (χ3v) is 3.73. The van der Waals surface area contributed by atoms with Crippen molar-refractivity contribution in [2.75, 3.05) is 13.7 Å². The number of hydrogen-bond donors (Lipinski definition) is 2. The van der Waals surface area contributed by atoms with Crippen molar-refractivity contribution in [2.24, 2.45) is 10.7 Å². The summed E-state index contributed by atoms with van der Waals surface area (Å²) in [4.78, 5) is 15.6. The van der Waals surface area contributed by atoms with Crippen LogP contribution in [0.4, 0.5) is 0 Å². The maximum Gasteiger partial charge on any atom is 0.373 e. The van der Waals surface area contributed by atoms with E-state index in [-0.39, 0.29) is 18.3 Å². The Morgan fingerprint density at radius 2 is 2.21 bits per heavy atom. The van der Waals surface area contributed by atoms with Gasteiger partial charge in [-0.05, 0) is 18.2 Å². The standard InChI is InChI=1S/C17H19N3O4/c1-22-16(21)15-7-6-11(24-15)10-19-17(18)20-13-8-9-23-14-5-3-2-4-12(13)14/h2-7,13H,8-10H2,1H3,(H3,18,19,20). The number of ether oxygens (including phenoxy) is 2. The van der Waals surface area contributed by atoms with Crippen molar-refractivity contribution in [3.8, 4) is 5.75 Å². The molecule has 0 fully saturated rings. The van der Waals surface area contributed by atoms with Gasteiger partial charge in [0.05, 0.1) is 19.8 Å². The van der Waals surface area contributed by atoms with Crippen LogP contribution in [-0.2, 0) is 11.3 Å². The molecule has 126 valence electrons. The normalized spacial score (nSPS) is 16.9. The van der Waals surface area contributed by atoms with Gasteiger partial charge in [0.25, 0.3) is 0 Å². The minimum absolute atomic E-state index is 0.0564. The molecule has 1 aromatic heterocycles. The number of nitrogens with two attached hydrogens (primary N) is 1. The average Bonchev–Trinajstić information content (AvgIpc) is 3.09. The summed E-state index contributed by atoms with van der Waals surface area (Å²) in [6, 6.07) is 11.1. The molecular weight excluding hydrogens is 310 g/mol. The summed E-state index contributed by atoms with van der Waals surface area (Å²) < 4.78 is 15.6. The van der Waals surface area contributed by atoms with E-state index >= 15 is 0 Å². The molecule has 3 N–H and O–H groups in total. The molecule has 3 rings (SSSR count). The lowest BCUT2D eigenvalue weighted by Crippen LogP contribution is -2.37. The summed E-state index contributed by atoms with van der Waals surface area (Å²) in [5.74, 6) is 1.34. The van der Waals surface area contributed by atoms with Gasteiger partial charge in [-0.2, -0.15) is 0 Å². The Morgan fingerprint density at radius 3 is 3.04 bits per heavy atom. The summed E-state index contributed by atoms with van der Waals surface area (Å²) in [7, 11) is 1.30. The van der Waals surface area contributed by atoms with Gasteiger partial charge < -0.3 is 24.9 Å². The second-order valence-corrected chi connectivity index (χ2v) is 5.33. The molecule has 2 aromatic rings. The lowest BCUT2D eigenvalue weighted by Gasteiger charge is -2.26. The van der Waals surface area contributed by atoms with Crippen LogP contribution >= 0.6 is 0 Å². The van der Waals surface area contributed by atoms with Crippen LogP contribution in [0.5, 0.6) is 5.75 Å². The Labute approximate surface area is 139 Å². The molecule has 0 saturated carbocycles. The van der Waals surface area contributed by atoms with Gasteiger partial charge in [0.15, 0.2) is 5.96 Å². The molecule has 0 amide bonds. The van der Waals surface area contributed by atoms with E-state index in [1.807, 2.05) is 24.3 Å². The predicted molar refractivity (Wildman–Crippen MR) is 87.8 cm³/mol. The number of guanidine groups is 1. The van der Waals surface area contributed by atoms with Crippen molar-refractivity contribution in [3.63, 3.8) is 0 Å². The van der Waals surface area contributed by atoms with Crippen LogP contribution in [0.3, 0.4) is 0 Å². The van der Waals surface area contributed by atoms with Gasteiger partial charge >= 0.3 is 5.97 Å². The highest BCUT2D eigenvalue weighted by Crippen LogP contribution is 2.31. The first-order chi connectivity index (χ1) is 11.7. The lowest BCUT2D eigenvalue weighted by atomic mass is 10.0. The highest BCUT2D eigenvalue weighted by Gasteiger charge is 2.21. The Balaban J connectivity index is 1.63. The third-order valence-electron chi connectivity index (χ3n) is 3.73. The van der Waals surface area contributed by atoms with Crippen LogP contribution in [0.2, 0.25) is 0 Å². The van der Waals surface area contributed by atoms with Crippen LogP contribution in [0.25, 0.3) is 0 Å². The molecule has 1 aromatic carbocycles. The Morgan fingerprint density at radius 1 is 1.38 bits per heavy atom. The zero-order valence-corrected chi connectivity index (χ0v) is 13.3. The van der Waals surface area contributed by atoms with E-state index in [1.54, 1.807) is 12.1 Å². The van der Waals surface area contributed by atoms with Gasteiger partial charge in [-0.15, -0.1) is 0 Å². The van der Waals surface area contributed by atoms with E-state index in [1.165, 1.54) is 7.11 Å². The van der Waals surface area contributed by atoms with E-state index in [0.29, 0.717) is 18.3 Å². The topological polar surface area (TPSA) is 99.1 Å². The highest BCUT2D eigenvalue weighted by molar-refractivity contribution is 5.86. The van der Waals surface area contributed by atoms with Crippen molar-refractivity contribution in [1.82, 2.24) is 5.32 Å². The van der Waals surface area contributed by atoms with Gasteiger partial charge in [0.1, 0.15) is 18.1 Å². The second-order valence-electron chi connectivity index (χ2n) is 5.33. The van der Waals surface area contributed by atoms with Gasteiger partial charge in [0.2, 0.25) is 5.76 Å². The summed E-state index contributed by atoms with van der Waals surface area (Å²) in [6.07, 6.45) is 0.806. The minimum atomic E-state index is -0.518. The maximum absolute atomic E-state index is 11.3. The number of nitrogens with zero attached hydrogens (tertiary/aromatic N) is 1. The van der Waals surface area contributed by atoms with Gasteiger partial charge in [-0.25, -0.2) is 9.79 Å². The first-order valence-corrected chi connectivity index (χ1v) is 7.62. The van der Waals surface area contributed by atoms with E-state index in [0.717, 1.165) is 17.7 Å². The Hall–Kier alpha value is -2.96. The fourth-order valence-corrected chi connectivity index (χ4v) is 2.55. The van der Waals surface area contributed by atoms with Crippen LogP contribution in [0.15, 0.2) is 45.8 Å². The molecule has 1 atom stereocenters. The van der Waals surface area contributed by atoms with Crippen LogP contribution < -0.4 is 15.8 Å². The number of benzene rings is 1. The van der Waals surface area contributed by atoms with Crippen molar-refractivity contribution >= 4 is 11.9 Å². The van der Waals surface area contributed by atoms with Gasteiger partial charge in [0, 0.05) is 12.0 Å². The van der Waals surface area contributed by atoms with Crippen molar-refractivity contribution in [3.05, 3.63) is 53.5 Å². The smallest absolute Gasteiger partial charge is 0.373 e. The van der Waals surface area contributed by atoms with Crippen molar-refractivity contribution in [2.45, 2.75) is 19.0 Å². The number of methoxy groups -OCH3 is 1. The zero-order chi connectivity index (χ0) is 16.9.